The molecule has 2 aromatic carbocycles. The first kappa shape index (κ1) is 17.9. The number of rotatable bonds is 5. The number of halogens is 2. The lowest BCUT2D eigenvalue weighted by atomic mass is 10.0. The van der Waals surface area contributed by atoms with Gasteiger partial charge in [0.25, 0.3) is 0 Å². The summed E-state index contributed by atoms with van der Waals surface area (Å²) < 4.78 is 32.5. The van der Waals surface area contributed by atoms with Crippen LogP contribution < -0.4 is 4.74 Å². The van der Waals surface area contributed by atoms with E-state index in [2.05, 4.69) is 4.90 Å². The monoisotopic (exact) mass is 373 g/mol. The molecule has 1 unspecified atom stereocenters. The van der Waals surface area contributed by atoms with Gasteiger partial charge in [0, 0.05) is 24.7 Å². The highest BCUT2D eigenvalue weighted by atomic mass is 19.1. The summed E-state index contributed by atoms with van der Waals surface area (Å²) in [6.07, 6.45) is 1.55. The molecule has 0 spiro atoms. The molecule has 2 aliphatic rings. The van der Waals surface area contributed by atoms with Gasteiger partial charge in [0.05, 0.1) is 12.6 Å². The number of Topliss-reactive ketones (excluding diaryl/α,β-unsaturated/α-hetero) is 1. The van der Waals surface area contributed by atoms with Gasteiger partial charge in [-0.25, -0.2) is 8.78 Å². The van der Waals surface area contributed by atoms with Gasteiger partial charge in [-0.05, 0) is 61.1 Å². The normalized spacial score (nSPS) is 24.7. The van der Waals surface area contributed by atoms with Crippen molar-refractivity contribution >= 4 is 5.78 Å². The van der Waals surface area contributed by atoms with E-state index in [1.54, 1.807) is 12.1 Å². The number of hydrogen-bond acceptors (Lipinski definition) is 4. The number of ketones is 1. The predicted molar refractivity (Wildman–Crippen MR) is 95.9 cm³/mol. The molecule has 1 saturated heterocycles. The Hall–Kier alpha value is -2.47. The summed E-state index contributed by atoms with van der Waals surface area (Å²) >= 11 is 0. The second kappa shape index (κ2) is 7.27. The Bertz CT molecular complexity index is 826. The van der Waals surface area contributed by atoms with Gasteiger partial charge >= 0.3 is 0 Å². The molecule has 4 rings (SSSR count). The van der Waals surface area contributed by atoms with Crippen molar-refractivity contribution in [2.45, 2.75) is 18.9 Å². The maximum absolute atomic E-state index is 13.8. The maximum Gasteiger partial charge on any atom is 0.176 e. The zero-order valence-electron chi connectivity index (χ0n) is 14.8. The van der Waals surface area contributed by atoms with Crippen LogP contribution in [0.3, 0.4) is 0 Å². The predicted octanol–water partition coefficient (Wildman–Crippen LogP) is 3.64. The fourth-order valence-electron chi connectivity index (χ4n) is 4.26. The summed E-state index contributed by atoms with van der Waals surface area (Å²) in [7, 11) is 0. The molecule has 1 N–H and O–H groups in total. The molecule has 1 heterocycles. The van der Waals surface area contributed by atoms with Gasteiger partial charge in [-0.15, -0.1) is 0 Å². The first-order valence-corrected chi connectivity index (χ1v) is 9.14. The van der Waals surface area contributed by atoms with Crippen molar-refractivity contribution in [2.24, 2.45) is 11.8 Å². The van der Waals surface area contributed by atoms with Crippen LogP contribution in [0.15, 0.2) is 42.5 Å². The summed E-state index contributed by atoms with van der Waals surface area (Å²) in [5, 5.41) is 9.32. The minimum absolute atomic E-state index is 0.0381. The van der Waals surface area contributed by atoms with Crippen LogP contribution in [0.25, 0.3) is 0 Å². The van der Waals surface area contributed by atoms with Crippen LogP contribution >= 0.6 is 0 Å². The van der Waals surface area contributed by atoms with Gasteiger partial charge in [-0.1, -0.05) is 0 Å². The Balaban J connectivity index is 1.30. The molecule has 1 saturated carbocycles. The Morgan fingerprint density at radius 3 is 2.37 bits per heavy atom. The number of ether oxygens (including phenoxy) is 1. The van der Waals surface area contributed by atoms with Gasteiger partial charge in [0.15, 0.2) is 17.3 Å². The number of carbonyl (C=O) groups is 1. The van der Waals surface area contributed by atoms with Crippen molar-refractivity contribution in [2.75, 3.05) is 19.6 Å². The number of aromatic hydroxyl groups is 1. The highest BCUT2D eigenvalue weighted by Gasteiger charge is 2.42. The Morgan fingerprint density at radius 1 is 1.07 bits per heavy atom. The van der Waals surface area contributed by atoms with E-state index in [1.165, 1.54) is 24.3 Å². The van der Waals surface area contributed by atoms with E-state index in [0.717, 1.165) is 32.0 Å². The quantitative estimate of drug-likeness (QED) is 0.813. The topological polar surface area (TPSA) is 49.8 Å². The number of fused-ring (bicyclic) bond motifs is 1. The molecule has 4 nitrogen and oxygen atoms in total. The van der Waals surface area contributed by atoms with Crippen molar-refractivity contribution in [1.29, 1.82) is 0 Å². The molecule has 142 valence electrons. The van der Waals surface area contributed by atoms with Crippen molar-refractivity contribution in [1.82, 2.24) is 4.90 Å². The molecular weight excluding hydrogens is 352 g/mol. The molecule has 0 aromatic heterocycles. The van der Waals surface area contributed by atoms with Crippen LogP contribution in [0.4, 0.5) is 8.78 Å². The molecule has 2 aromatic rings. The lowest BCUT2D eigenvalue weighted by Crippen LogP contribution is -2.30. The summed E-state index contributed by atoms with van der Waals surface area (Å²) in [4.78, 5) is 14.5. The lowest BCUT2D eigenvalue weighted by molar-refractivity contribution is 0.0936. The smallest absolute Gasteiger partial charge is 0.176 e. The second-order valence-electron chi connectivity index (χ2n) is 7.47. The van der Waals surface area contributed by atoms with Gasteiger partial charge in [-0.3, -0.25) is 9.69 Å². The molecule has 0 radical (unpaired) electrons. The third-order valence-electron chi connectivity index (χ3n) is 5.53. The Labute approximate surface area is 156 Å². The number of hydrogen-bond donors (Lipinski definition) is 1. The minimum atomic E-state index is -0.673. The van der Waals surface area contributed by atoms with Crippen LogP contribution in [-0.2, 0) is 0 Å². The Morgan fingerprint density at radius 2 is 1.74 bits per heavy atom. The lowest BCUT2D eigenvalue weighted by Gasteiger charge is -2.19. The van der Waals surface area contributed by atoms with Gasteiger partial charge < -0.3 is 9.84 Å². The average Bonchev–Trinajstić information content (AvgIpc) is 3.15. The van der Waals surface area contributed by atoms with E-state index in [-0.39, 0.29) is 23.4 Å². The van der Waals surface area contributed by atoms with Crippen LogP contribution in [-0.4, -0.2) is 41.5 Å². The third kappa shape index (κ3) is 3.95. The highest BCUT2D eigenvalue weighted by Crippen LogP contribution is 2.40. The molecule has 1 aliphatic carbocycles. The summed E-state index contributed by atoms with van der Waals surface area (Å²) in [5.74, 6) is -0.162. The third-order valence-corrected chi connectivity index (χ3v) is 5.53. The Kier molecular flexibility index (Phi) is 4.83. The van der Waals surface area contributed by atoms with E-state index in [0.29, 0.717) is 23.9 Å². The highest BCUT2D eigenvalue weighted by molar-refractivity contribution is 5.97. The molecule has 6 heteroatoms. The zero-order chi connectivity index (χ0) is 19.0. The molecule has 2 fully saturated rings. The van der Waals surface area contributed by atoms with E-state index in [9.17, 15) is 18.7 Å². The second-order valence-corrected chi connectivity index (χ2v) is 7.47. The maximum atomic E-state index is 13.8. The van der Waals surface area contributed by atoms with Crippen molar-refractivity contribution in [3.05, 3.63) is 59.7 Å². The van der Waals surface area contributed by atoms with Crippen LogP contribution in [0.2, 0.25) is 0 Å². The van der Waals surface area contributed by atoms with E-state index < -0.39 is 11.6 Å². The molecule has 1 aliphatic heterocycles. The molecular formula is C21H21F2NO3. The van der Waals surface area contributed by atoms with Crippen LogP contribution in [0.5, 0.6) is 11.5 Å². The minimum Gasteiger partial charge on any atom is -0.508 e. The number of phenols is 1. The number of nitrogens with zero attached hydrogens (tertiary/aromatic N) is 1. The van der Waals surface area contributed by atoms with E-state index in [1.807, 2.05) is 0 Å². The standard InChI is InChI=1S/C21H21F2NO3/c22-16-3-6-21(19(23)9-16)27-18-7-14-10-24(11-15(14)8-18)12-20(26)13-1-4-17(25)5-2-13/h1-6,9,14-15,18,25H,7-8,10-12H2/t14-,15+,18?. The average molecular weight is 373 g/mol. The number of likely N-dealkylation sites (tertiary alicyclic amines) is 1. The van der Waals surface area contributed by atoms with Crippen LogP contribution in [0, 0.1) is 23.5 Å². The van der Waals surface area contributed by atoms with Gasteiger partial charge in [0.1, 0.15) is 11.6 Å². The summed E-state index contributed by atoms with van der Waals surface area (Å²) in [5.41, 5.74) is 0.595. The molecule has 0 amide bonds. The number of carbonyl (C=O) groups excluding carboxylic acids is 1. The first-order chi connectivity index (χ1) is 13.0. The fourth-order valence-corrected chi connectivity index (χ4v) is 4.26. The van der Waals surface area contributed by atoms with Crippen molar-refractivity contribution in [3.8, 4) is 11.5 Å². The van der Waals surface area contributed by atoms with E-state index in [4.69, 9.17) is 4.74 Å². The van der Waals surface area contributed by atoms with Gasteiger partial charge in [-0.2, -0.15) is 0 Å². The van der Waals surface area contributed by atoms with Crippen LogP contribution in [0.1, 0.15) is 23.2 Å². The largest absolute Gasteiger partial charge is 0.508 e. The van der Waals surface area contributed by atoms with E-state index >= 15 is 0 Å². The number of benzene rings is 2. The zero-order valence-corrected chi connectivity index (χ0v) is 14.8. The first-order valence-electron chi connectivity index (χ1n) is 9.14. The molecule has 27 heavy (non-hydrogen) atoms. The molecule has 0 bridgehead atoms. The summed E-state index contributed by atoms with van der Waals surface area (Å²) in [6.45, 7) is 2.00. The summed E-state index contributed by atoms with van der Waals surface area (Å²) in [6, 6.07) is 9.67. The fraction of sp³-hybridized carbons (Fsp3) is 0.381. The van der Waals surface area contributed by atoms with Gasteiger partial charge in [0.2, 0.25) is 0 Å². The van der Waals surface area contributed by atoms with Crippen molar-refractivity contribution < 1.29 is 23.4 Å². The van der Waals surface area contributed by atoms with Crippen molar-refractivity contribution in [3.63, 3.8) is 0 Å². The SMILES string of the molecule is O=C(CN1C[C@H]2CC(Oc3ccc(F)cc3F)C[C@H]2C1)c1ccc(O)cc1. The molecule has 3 atom stereocenters. The number of phenolic OH excluding ortho intramolecular Hbond substituents is 1.